The van der Waals surface area contributed by atoms with Gasteiger partial charge in [-0.05, 0) is 18.2 Å². The number of benzene rings is 1. The van der Waals surface area contributed by atoms with Gasteiger partial charge in [-0.3, -0.25) is 4.79 Å². The first-order valence-corrected chi connectivity index (χ1v) is 6.06. The Kier molecular flexibility index (Phi) is 4.19. The molecule has 6 nitrogen and oxygen atoms in total. The molecule has 1 aromatic carbocycles. The molecule has 1 atom stereocenters. The number of nitrogens with two attached hydrogens (primary N) is 1. The van der Waals surface area contributed by atoms with E-state index in [1.165, 1.54) is 24.1 Å². The van der Waals surface area contributed by atoms with Crippen molar-refractivity contribution in [3.05, 3.63) is 29.6 Å². The molecule has 1 aliphatic heterocycles. The predicted molar refractivity (Wildman–Crippen MR) is 68.5 cm³/mol. The van der Waals surface area contributed by atoms with Crippen molar-refractivity contribution in [3.8, 4) is 0 Å². The quantitative estimate of drug-likeness (QED) is 0.628. The van der Waals surface area contributed by atoms with Crippen LogP contribution < -0.4 is 5.73 Å². The van der Waals surface area contributed by atoms with Gasteiger partial charge in [0.15, 0.2) is 6.04 Å². The van der Waals surface area contributed by atoms with Crippen molar-refractivity contribution in [3.63, 3.8) is 0 Å². The fourth-order valence-corrected chi connectivity index (χ4v) is 2.00. The number of halogens is 1. The van der Waals surface area contributed by atoms with E-state index in [4.69, 9.17) is 10.5 Å². The molecule has 0 saturated carbocycles. The SMILES string of the molecule is COC(=O)C1COCCN1C(=O)c1ccc(N)c(F)c1. The maximum atomic E-state index is 13.4. The van der Waals surface area contributed by atoms with Crippen molar-refractivity contribution in [2.45, 2.75) is 6.04 Å². The molecule has 1 fully saturated rings. The number of amides is 1. The van der Waals surface area contributed by atoms with Crippen molar-refractivity contribution >= 4 is 17.6 Å². The summed E-state index contributed by atoms with van der Waals surface area (Å²) in [4.78, 5) is 25.3. The monoisotopic (exact) mass is 282 g/mol. The lowest BCUT2D eigenvalue weighted by molar-refractivity contribution is -0.151. The lowest BCUT2D eigenvalue weighted by Crippen LogP contribution is -2.53. The van der Waals surface area contributed by atoms with Crippen molar-refractivity contribution in [1.29, 1.82) is 0 Å². The Morgan fingerprint density at radius 3 is 2.90 bits per heavy atom. The van der Waals surface area contributed by atoms with Gasteiger partial charge in [0.2, 0.25) is 0 Å². The Hall–Kier alpha value is -2.15. The first kappa shape index (κ1) is 14.3. The number of ether oxygens (including phenoxy) is 2. The minimum Gasteiger partial charge on any atom is -0.467 e. The molecule has 1 aliphatic rings. The molecular weight excluding hydrogens is 267 g/mol. The summed E-state index contributed by atoms with van der Waals surface area (Å²) in [5, 5.41) is 0. The Morgan fingerprint density at radius 1 is 1.50 bits per heavy atom. The van der Waals surface area contributed by atoms with Gasteiger partial charge in [0.05, 0.1) is 26.0 Å². The molecular formula is C13H15FN2O4. The second kappa shape index (κ2) is 5.87. The van der Waals surface area contributed by atoms with E-state index in [0.717, 1.165) is 6.07 Å². The van der Waals surface area contributed by atoms with Gasteiger partial charge >= 0.3 is 5.97 Å². The molecule has 20 heavy (non-hydrogen) atoms. The molecule has 1 aromatic rings. The number of carbonyl (C=O) groups is 2. The van der Waals surface area contributed by atoms with Crippen LogP contribution in [-0.4, -0.2) is 49.7 Å². The van der Waals surface area contributed by atoms with Gasteiger partial charge in [-0.2, -0.15) is 0 Å². The maximum Gasteiger partial charge on any atom is 0.331 e. The summed E-state index contributed by atoms with van der Waals surface area (Å²) in [6.45, 7) is 0.622. The molecule has 1 amide bonds. The van der Waals surface area contributed by atoms with E-state index in [1.54, 1.807) is 0 Å². The van der Waals surface area contributed by atoms with E-state index in [0.29, 0.717) is 6.61 Å². The summed E-state index contributed by atoms with van der Waals surface area (Å²) < 4.78 is 23.2. The third-order valence-corrected chi connectivity index (χ3v) is 3.11. The molecule has 108 valence electrons. The van der Waals surface area contributed by atoms with Crippen molar-refractivity contribution in [2.75, 3.05) is 32.6 Å². The van der Waals surface area contributed by atoms with Gasteiger partial charge in [0.25, 0.3) is 5.91 Å². The second-order valence-corrected chi connectivity index (χ2v) is 4.35. The number of nitrogens with zero attached hydrogens (tertiary/aromatic N) is 1. The van der Waals surface area contributed by atoms with Gasteiger partial charge in [-0.1, -0.05) is 0 Å². The average Bonchev–Trinajstić information content (AvgIpc) is 2.48. The number of nitrogen functional groups attached to an aromatic ring is 1. The average molecular weight is 282 g/mol. The number of morpholine rings is 1. The highest BCUT2D eigenvalue weighted by Gasteiger charge is 2.34. The Morgan fingerprint density at radius 2 is 2.25 bits per heavy atom. The van der Waals surface area contributed by atoms with Crippen LogP contribution in [0.25, 0.3) is 0 Å². The van der Waals surface area contributed by atoms with E-state index in [2.05, 4.69) is 4.74 Å². The van der Waals surface area contributed by atoms with Crippen molar-refractivity contribution < 1.29 is 23.5 Å². The van der Waals surface area contributed by atoms with Crippen molar-refractivity contribution in [2.24, 2.45) is 0 Å². The predicted octanol–water partition coefficient (Wildman–Crippen LogP) is 0.422. The summed E-state index contributed by atoms with van der Waals surface area (Å²) in [5.41, 5.74) is 5.47. The molecule has 7 heteroatoms. The zero-order chi connectivity index (χ0) is 14.7. The van der Waals surface area contributed by atoms with E-state index in [1.807, 2.05) is 0 Å². The molecule has 2 N–H and O–H groups in total. The van der Waals surface area contributed by atoms with Crippen LogP contribution in [-0.2, 0) is 14.3 Å². The summed E-state index contributed by atoms with van der Waals surface area (Å²) in [7, 11) is 1.24. The first-order chi connectivity index (χ1) is 9.54. The van der Waals surface area contributed by atoms with Gasteiger partial charge in [-0.25, -0.2) is 9.18 Å². The number of methoxy groups -OCH3 is 1. The fraction of sp³-hybridized carbons (Fsp3) is 0.385. The minimum atomic E-state index is -0.818. The molecule has 0 radical (unpaired) electrons. The fourth-order valence-electron chi connectivity index (χ4n) is 2.00. The van der Waals surface area contributed by atoms with Crippen LogP contribution in [0.1, 0.15) is 10.4 Å². The Balaban J connectivity index is 2.25. The summed E-state index contributed by atoms with van der Waals surface area (Å²) in [5.74, 6) is -1.68. The van der Waals surface area contributed by atoms with Crippen LogP contribution in [0.2, 0.25) is 0 Å². The molecule has 2 rings (SSSR count). The molecule has 0 aliphatic carbocycles. The highest BCUT2D eigenvalue weighted by Crippen LogP contribution is 2.17. The van der Waals surface area contributed by atoms with Gasteiger partial charge < -0.3 is 20.1 Å². The van der Waals surface area contributed by atoms with Crippen LogP contribution in [0.3, 0.4) is 0 Å². The number of rotatable bonds is 2. The Labute approximate surface area is 115 Å². The van der Waals surface area contributed by atoms with Crippen LogP contribution in [0.5, 0.6) is 0 Å². The first-order valence-electron chi connectivity index (χ1n) is 6.06. The van der Waals surface area contributed by atoms with E-state index >= 15 is 0 Å². The van der Waals surface area contributed by atoms with E-state index < -0.39 is 23.7 Å². The lowest BCUT2D eigenvalue weighted by Gasteiger charge is -2.33. The molecule has 0 spiro atoms. The number of esters is 1. The Bertz CT molecular complexity index is 535. The third-order valence-electron chi connectivity index (χ3n) is 3.11. The highest BCUT2D eigenvalue weighted by atomic mass is 19.1. The van der Waals surface area contributed by atoms with E-state index in [9.17, 15) is 14.0 Å². The second-order valence-electron chi connectivity index (χ2n) is 4.35. The summed E-state index contributed by atoms with van der Waals surface area (Å²) >= 11 is 0. The topological polar surface area (TPSA) is 81.9 Å². The lowest BCUT2D eigenvalue weighted by atomic mass is 10.1. The number of anilines is 1. The van der Waals surface area contributed by atoms with Gasteiger partial charge in [0, 0.05) is 12.1 Å². The minimum absolute atomic E-state index is 0.0342. The largest absolute Gasteiger partial charge is 0.467 e. The summed E-state index contributed by atoms with van der Waals surface area (Å²) in [6, 6.07) is 2.98. The molecule has 1 unspecified atom stereocenters. The smallest absolute Gasteiger partial charge is 0.331 e. The number of hydrogen-bond acceptors (Lipinski definition) is 5. The molecule has 1 heterocycles. The van der Waals surface area contributed by atoms with Crippen LogP contribution in [0, 0.1) is 5.82 Å². The van der Waals surface area contributed by atoms with Gasteiger partial charge in [0.1, 0.15) is 5.82 Å². The molecule has 0 aromatic heterocycles. The zero-order valence-corrected chi connectivity index (χ0v) is 11.0. The zero-order valence-electron chi connectivity index (χ0n) is 11.0. The van der Waals surface area contributed by atoms with Crippen molar-refractivity contribution in [1.82, 2.24) is 4.90 Å². The van der Waals surface area contributed by atoms with Gasteiger partial charge in [-0.15, -0.1) is 0 Å². The molecule has 1 saturated heterocycles. The van der Waals surface area contributed by atoms with Crippen LogP contribution in [0.15, 0.2) is 18.2 Å². The highest BCUT2D eigenvalue weighted by molar-refractivity contribution is 5.97. The summed E-state index contributed by atoms with van der Waals surface area (Å²) in [6.07, 6.45) is 0. The number of carbonyl (C=O) groups excluding carboxylic acids is 2. The van der Waals surface area contributed by atoms with Crippen LogP contribution in [0.4, 0.5) is 10.1 Å². The third kappa shape index (κ3) is 2.72. The number of hydrogen-bond donors (Lipinski definition) is 1. The molecule has 0 bridgehead atoms. The maximum absolute atomic E-state index is 13.4. The van der Waals surface area contributed by atoms with E-state index in [-0.39, 0.29) is 24.4 Å². The normalized spacial score (nSPS) is 18.7. The van der Waals surface area contributed by atoms with Crippen LogP contribution >= 0.6 is 0 Å². The standard InChI is InChI=1S/C13H15FN2O4/c1-19-13(18)11-7-20-5-4-16(11)12(17)8-2-3-10(15)9(14)6-8/h2-3,6,11H,4-5,7,15H2,1H3.